The van der Waals surface area contributed by atoms with Crippen molar-refractivity contribution in [2.45, 2.75) is 33.4 Å². The SMILES string of the molecule is CCOc1ccc(NC(=O)[C@H](C)OC(=O)Cn2c(C)csc2=O)cc1. The maximum absolute atomic E-state index is 12.1. The van der Waals surface area contributed by atoms with E-state index in [-0.39, 0.29) is 11.4 Å². The van der Waals surface area contributed by atoms with Crippen LogP contribution in [0.3, 0.4) is 0 Å². The van der Waals surface area contributed by atoms with Crippen LogP contribution < -0.4 is 14.9 Å². The van der Waals surface area contributed by atoms with E-state index in [1.807, 2.05) is 6.92 Å². The van der Waals surface area contributed by atoms with Gasteiger partial charge < -0.3 is 14.8 Å². The van der Waals surface area contributed by atoms with Gasteiger partial charge in [0.1, 0.15) is 12.3 Å². The number of thiazole rings is 1. The molecule has 1 aromatic heterocycles. The van der Waals surface area contributed by atoms with Crippen LogP contribution in [0.25, 0.3) is 0 Å². The Morgan fingerprint density at radius 1 is 1.28 bits per heavy atom. The highest BCUT2D eigenvalue weighted by molar-refractivity contribution is 7.07. The van der Waals surface area contributed by atoms with Crippen molar-refractivity contribution >= 4 is 28.9 Å². The summed E-state index contributed by atoms with van der Waals surface area (Å²) in [6.07, 6.45) is -0.978. The van der Waals surface area contributed by atoms with Gasteiger partial charge in [0.2, 0.25) is 0 Å². The number of amides is 1. The number of anilines is 1. The number of hydrogen-bond acceptors (Lipinski definition) is 6. The Balaban J connectivity index is 1.89. The first-order chi connectivity index (χ1) is 11.9. The van der Waals surface area contributed by atoms with Gasteiger partial charge in [0.05, 0.1) is 6.61 Å². The fourth-order valence-corrected chi connectivity index (χ4v) is 2.79. The molecule has 1 atom stereocenters. The molecule has 25 heavy (non-hydrogen) atoms. The van der Waals surface area contributed by atoms with Crippen LogP contribution in [0.4, 0.5) is 5.69 Å². The minimum absolute atomic E-state index is 0.213. The molecule has 0 aliphatic heterocycles. The molecule has 1 heterocycles. The van der Waals surface area contributed by atoms with E-state index in [4.69, 9.17) is 9.47 Å². The quantitative estimate of drug-likeness (QED) is 0.761. The van der Waals surface area contributed by atoms with E-state index in [1.54, 1.807) is 36.6 Å². The summed E-state index contributed by atoms with van der Waals surface area (Å²) in [4.78, 5) is 35.4. The van der Waals surface area contributed by atoms with Gasteiger partial charge in [-0.05, 0) is 45.0 Å². The molecule has 7 nitrogen and oxygen atoms in total. The number of carbonyl (C=O) groups is 2. The summed E-state index contributed by atoms with van der Waals surface area (Å²) in [6, 6.07) is 6.88. The maximum Gasteiger partial charge on any atom is 0.326 e. The van der Waals surface area contributed by atoms with Gasteiger partial charge in [-0.2, -0.15) is 0 Å². The molecular formula is C17H20N2O5S. The number of rotatable bonds is 7. The average molecular weight is 364 g/mol. The first kappa shape index (κ1) is 18.7. The van der Waals surface area contributed by atoms with Crippen molar-refractivity contribution in [2.75, 3.05) is 11.9 Å². The van der Waals surface area contributed by atoms with E-state index in [0.717, 1.165) is 11.3 Å². The van der Waals surface area contributed by atoms with E-state index in [2.05, 4.69) is 5.32 Å². The molecule has 0 saturated carbocycles. The first-order valence-corrected chi connectivity index (χ1v) is 8.66. The molecule has 0 radical (unpaired) electrons. The molecule has 0 unspecified atom stereocenters. The van der Waals surface area contributed by atoms with Crippen molar-refractivity contribution in [1.82, 2.24) is 4.57 Å². The lowest BCUT2D eigenvalue weighted by Gasteiger charge is -2.14. The molecule has 1 amide bonds. The first-order valence-electron chi connectivity index (χ1n) is 7.78. The molecule has 0 bridgehead atoms. The van der Waals surface area contributed by atoms with Crippen LogP contribution in [-0.4, -0.2) is 29.2 Å². The third-order valence-electron chi connectivity index (χ3n) is 3.37. The minimum Gasteiger partial charge on any atom is -0.494 e. The predicted octanol–water partition coefficient (Wildman–Crippen LogP) is 2.19. The molecule has 2 aromatic rings. The molecule has 2 rings (SSSR count). The molecular weight excluding hydrogens is 344 g/mol. The molecule has 134 valence electrons. The third-order valence-corrected chi connectivity index (χ3v) is 4.25. The van der Waals surface area contributed by atoms with E-state index < -0.39 is 18.0 Å². The second kappa shape index (κ2) is 8.48. The summed E-state index contributed by atoms with van der Waals surface area (Å²) < 4.78 is 11.7. The molecule has 0 aliphatic rings. The normalized spacial score (nSPS) is 11.6. The lowest BCUT2D eigenvalue weighted by molar-refractivity contribution is -0.153. The zero-order valence-electron chi connectivity index (χ0n) is 14.3. The van der Waals surface area contributed by atoms with Crippen molar-refractivity contribution < 1.29 is 19.1 Å². The molecule has 0 fully saturated rings. The van der Waals surface area contributed by atoms with Crippen molar-refractivity contribution in [1.29, 1.82) is 0 Å². The van der Waals surface area contributed by atoms with E-state index >= 15 is 0 Å². The zero-order chi connectivity index (χ0) is 18.4. The van der Waals surface area contributed by atoms with Crippen molar-refractivity contribution in [3.8, 4) is 5.75 Å². The van der Waals surface area contributed by atoms with Gasteiger partial charge in [-0.1, -0.05) is 11.3 Å². The monoisotopic (exact) mass is 364 g/mol. The van der Waals surface area contributed by atoms with Crippen LogP contribution in [0.1, 0.15) is 19.5 Å². The largest absolute Gasteiger partial charge is 0.494 e. The average Bonchev–Trinajstić information content (AvgIpc) is 2.88. The maximum atomic E-state index is 12.1. The number of benzene rings is 1. The number of nitrogens with zero attached hydrogens (tertiary/aromatic N) is 1. The van der Waals surface area contributed by atoms with Gasteiger partial charge in [0.15, 0.2) is 6.10 Å². The Bertz CT molecular complexity index is 794. The topological polar surface area (TPSA) is 86.6 Å². The van der Waals surface area contributed by atoms with Crippen LogP contribution in [0.15, 0.2) is 34.4 Å². The number of esters is 1. The van der Waals surface area contributed by atoms with Crippen molar-refractivity contribution in [3.05, 3.63) is 45.0 Å². The van der Waals surface area contributed by atoms with Crippen molar-refractivity contribution in [3.63, 3.8) is 0 Å². The van der Waals surface area contributed by atoms with Gasteiger partial charge in [-0.3, -0.25) is 19.0 Å². The van der Waals surface area contributed by atoms with E-state index in [9.17, 15) is 14.4 Å². The van der Waals surface area contributed by atoms with Gasteiger partial charge in [-0.25, -0.2) is 0 Å². The molecule has 1 N–H and O–H groups in total. The minimum atomic E-state index is -0.978. The number of hydrogen-bond donors (Lipinski definition) is 1. The zero-order valence-corrected chi connectivity index (χ0v) is 15.1. The Hall–Kier alpha value is -2.61. The number of aryl methyl sites for hydroxylation is 1. The van der Waals surface area contributed by atoms with Crippen LogP contribution in [-0.2, 0) is 20.9 Å². The second-order valence-corrected chi connectivity index (χ2v) is 6.13. The standard InChI is InChI=1S/C17H20N2O5S/c1-4-23-14-7-5-13(6-8-14)18-16(21)12(3)24-15(20)9-19-11(2)10-25-17(19)22/h5-8,10,12H,4,9H2,1-3H3,(H,18,21)/t12-/m0/s1. The summed E-state index contributed by atoms with van der Waals surface area (Å²) in [7, 11) is 0. The van der Waals surface area contributed by atoms with E-state index in [1.165, 1.54) is 11.5 Å². The fraction of sp³-hybridized carbons (Fsp3) is 0.353. The highest BCUT2D eigenvalue weighted by atomic mass is 32.1. The molecule has 0 aliphatic carbocycles. The van der Waals surface area contributed by atoms with E-state index in [0.29, 0.717) is 23.7 Å². The Kier molecular flexibility index (Phi) is 6.35. The van der Waals surface area contributed by atoms with Gasteiger partial charge in [0, 0.05) is 16.8 Å². The Morgan fingerprint density at radius 3 is 2.52 bits per heavy atom. The molecule has 0 spiro atoms. The number of aromatic nitrogens is 1. The number of ether oxygens (including phenoxy) is 2. The summed E-state index contributed by atoms with van der Waals surface area (Å²) in [5.41, 5.74) is 1.25. The number of nitrogens with one attached hydrogen (secondary N) is 1. The summed E-state index contributed by atoms with van der Waals surface area (Å²) in [5.74, 6) is -0.388. The Labute approximate surface area is 149 Å². The fourth-order valence-electron chi connectivity index (χ4n) is 2.06. The Morgan fingerprint density at radius 2 is 1.96 bits per heavy atom. The van der Waals surface area contributed by atoms with Crippen LogP contribution >= 0.6 is 11.3 Å². The predicted molar refractivity (Wildman–Crippen MR) is 95.1 cm³/mol. The van der Waals surface area contributed by atoms with Gasteiger partial charge in [-0.15, -0.1) is 0 Å². The molecule has 0 saturated heterocycles. The highest BCUT2D eigenvalue weighted by Gasteiger charge is 2.19. The molecule has 1 aromatic carbocycles. The van der Waals surface area contributed by atoms with Crippen molar-refractivity contribution in [2.24, 2.45) is 0 Å². The lowest BCUT2D eigenvalue weighted by Crippen LogP contribution is -2.32. The van der Waals surface area contributed by atoms with Crippen LogP contribution in [0, 0.1) is 6.92 Å². The van der Waals surface area contributed by atoms with Crippen LogP contribution in [0.2, 0.25) is 0 Å². The second-order valence-electron chi connectivity index (χ2n) is 5.31. The van der Waals surface area contributed by atoms with Crippen LogP contribution in [0.5, 0.6) is 5.75 Å². The van der Waals surface area contributed by atoms with Gasteiger partial charge in [0.25, 0.3) is 5.91 Å². The summed E-state index contributed by atoms with van der Waals surface area (Å²) in [6.45, 7) is 5.44. The van der Waals surface area contributed by atoms with Gasteiger partial charge >= 0.3 is 10.8 Å². The highest BCUT2D eigenvalue weighted by Crippen LogP contribution is 2.16. The third kappa shape index (κ3) is 5.18. The lowest BCUT2D eigenvalue weighted by atomic mass is 10.3. The summed E-state index contributed by atoms with van der Waals surface area (Å²) in [5, 5.41) is 4.32. The number of carbonyl (C=O) groups excluding carboxylic acids is 2. The molecule has 8 heteroatoms. The smallest absolute Gasteiger partial charge is 0.326 e. The summed E-state index contributed by atoms with van der Waals surface area (Å²) >= 11 is 1.01.